The van der Waals surface area contributed by atoms with E-state index in [0.717, 1.165) is 111 Å². The molecule has 4 aromatic heterocycles. The zero-order valence-corrected chi connectivity index (χ0v) is 73.8. The Bertz CT molecular complexity index is 4760. The van der Waals surface area contributed by atoms with E-state index in [1.807, 2.05) is 77.9 Å². The van der Waals surface area contributed by atoms with Gasteiger partial charge in [0.15, 0.2) is 20.5 Å². The average molecular weight is 1820 g/mol. The van der Waals surface area contributed by atoms with Crippen molar-refractivity contribution < 1.29 is 57.3 Å². The number of alkyl halides is 1. The Kier molecular flexibility index (Phi) is 30.3. The Morgan fingerprint density at radius 2 is 0.839 bits per heavy atom. The van der Waals surface area contributed by atoms with Crippen LogP contribution in [0.25, 0.3) is 22.3 Å². The predicted octanol–water partition coefficient (Wildman–Crippen LogP) is 12.9. The maximum Gasteiger partial charge on any atom is 0.410 e. The van der Waals surface area contributed by atoms with E-state index in [9.17, 15) is 38.4 Å². The summed E-state index contributed by atoms with van der Waals surface area (Å²) in [4.78, 5) is 126. The number of piperidine rings is 2. The Morgan fingerprint density at radius 3 is 1.23 bits per heavy atom. The van der Waals surface area contributed by atoms with E-state index in [1.165, 1.54) is 94.0 Å². The predicted molar refractivity (Wildman–Crippen MR) is 468 cm³/mol. The summed E-state index contributed by atoms with van der Waals surface area (Å²) in [6, 6.07) is 33.3. The molecule has 3 atom stereocenters. The van der Waals surface area contributed by atoms with Gasteiger partial charge in [-0.25, -0.2) is 39.1 Å². The molecule has 1 unspecified atom stereocenters. The second-order valence-corrected chi connectivity index (χ2v) is 37.4. The second-order valence-electron chi connectivity index (χ2n) is 31.9. The van der Waals surface area contributed by atoms with Gasteiger partial charge in [0.05, 0.1) is 52.5 Å². The maximum atomic E-state index is 13.1. The zero-order valence-electron chi connectivity index (χ0n) is 67.3. The molecule has 12 heterocycles. The minimum Gasteiger partial charge on any atom is -0.448 e. The highest BCUT2D eigenvalue weighted by Gasteiger charge is 2.38. The molecule has 0 bridgehead atoms. The summed E-state index contributed by atoms with van der Waals surface area (Å²) in [5, 5.41) is 21.0. The number of nitrogens with one attached hydrogen (secondary N) is 6. The highest BCUT2D eigenvalue weighted by Crippen LogP contribution is 2.47. The van der Waals surface area contributed by atoms with Crippen LogP contribution < -0.4 is 43.4 Å². The fourth-order valence-electron chi connectivity index (χ4n) is 15.2. The number of nitrogens with zero attached hydrogens (tertiary/aromatic N) is 8. The van der Waals surface area contributed by atoms with Crippen molar-refractivity contribution >= 4 is 147 Å². The SMILES string of the molecule is Br.CC(C)(C)OC(=O)N1CC[C@H](C(=O)Nc2nc3c(s2)CN(C(=O)OCC2c4ccccc4-c4ccccc42)CC3)C1.CC(C)(C)OC(=O)N1CC[C@H](C(=O)Nc2nc3c(s2)CNCC3)C1.Nc1nc2c(s1)CN(C(=O)OCC1c3ccccc3-c3ccccc31)CC2.Nc1nc2c(s1)CNCC2.O=C1CCNCC1.O=C1CCNCC1Br. The van der Waals surface area contributed by atoms with Crippen LogP contribution in [0, 0.1) is 11.8 Å². The van der Waals surface area contributed by atoms with Gasteiger partial charge in [0, 0.05) is 168 Å². The molecule has 630 valence electrons. The molecule has 8 aliphatic heterocycles. The number of benzene rings is 4. The number of hydrogen-bond acceptors (Lipinski definition) is 26. The Morgan fingerprint density at radius 1 is 0.466 bits per heavy atom. The number of Topliss-reactive ketones (excluding diaryl/α,β-unsaturated/α-hetero) is 2. The van der Waals surface area contributed by atoms with Crippen LogP contribution in [0.15, 0.2) is 97.1 Å². The number of rotatable bonds is 8. The number of carbonyl (C=O) groups excluding carboxylic acids is 8. The molecule has 4 aromatic carbocycles. The molecule has 28 nitrogen and oxygen atoms in total. The van der Waals surface area contributed by atoms with Crippen LogP contribution in [0.3, 0.4) is 0 Å². The molecule has 0 radical (unpaired) electrons. The second kappa shape index (κ2) is 40.5. The number of likely N-dealkylation sites (tertiary alicyclic amines) is 2. The van der Waals surface area contributed by atoms with Gasteiger partial charge in [-0.3, -0.25) is 19.2 Å². The summed E-state index contributed by atoms with van der Waals surface area (Å²) >= 11 is 9.20. The van der Waals surface area contributed by atoms with E-state index in [1.54, 1.807) is 30.9 Å². The molecule has 4 fully saturated rings. The lowest BCUT2D eigenvalue weighted by molar-refractivity contribution is -0.120. The lowest BCUT2D eigenvalue weighted by Crippen LogP contribution is -2.37. The van der Waals surface area contributed by atoms with Crippen molar-refractivity contribution in [1.82, 2.24) is 60.8 Å². The van der Waals surface area contributed by atoms with Crippen molar-refractivity contribution in [1.29, 1.82) is 0 Å². The van der Waals surface area contributed by atoms with Crippen molar-refractivity contribution in [2.45, 2.75) is 153 Å². The van der Waals surface area contributed by atoms with Crippen molar-refractivity contribution in [2.75, 3.05) is 114 Å². The number of ketones is 2. The fraction of sp³-hybridized carbons (Fsp3) is 0.476. The molecule has 0 saturated carbocycles. The molecule has 8 aromatic rings. The topological polar surface area (TPSA) is 362 Å². The Balaban J connectivity index is 0.000000144. The summed E-state index contributed by atoms with van der Waals surface area (Å²) in [6.45, 7) is 22.6. The van der Waals surface area contributed by atoms with Crippen LogP contribution in [0.4, 0.5) is 39.7 Å². The van der Waals surface area contributed by atoms with Gasteiger partial charge < -0.3 is 81.9 Å². The molecule has 10 N–H and O–H groups in total. The lowest BCUT2D eigenvalue weighted by atomic mass is 9.98. The molecule has 2 aliphatic carbocycles. The molecule has 4 saturated heterocycles. The summed E-state index contributed by atoms with van der Waals surface area (Å²) < 4.78 is 22.4. The molecule has 10 aliphatic rings. The zero-order chi connectivity index (χ0) is 82.5. The van der Waals surface area contributed by atoms with Crippen LogP contribution >= 0.6 is 78.3 Å². The van der Waals surface area contributed by atoms with E-state index in [0.29, 0.717) is 117 Å². The van der Waals surface area contributed by atoms with Crippen LogP contribution in [0.1, 0.15) is 150 Å². The summed E-state index contributed by atoms with van der Waals surface area (Å²) in [7, 11) is 0. The molecule has 34 heteroatoms. The normalized spacial score (nSPS) is 18.8. The molecular formula is C84H104Br2N16O12S4. The number of nitrogen functional groups attached to an aromatic ring is 2. The number of aromatic nitrogens is 4. The van der Waals surface area contributed by atoms with Gasteiger partial charge in [-0.15, -0.1) is 51.0 Å². The maximum absolute atomic E-state index is 13.1. The largest absolute Gasteiger partial charge is 0.448 e. The number of fused-ring (bicyclic) bond motifs is 10. The van der Waals surface area contributed by atoms with Gasteiger partial charge in [0.25, 0.3) is 0 Å². The van der Waals surface area contributed by atoms with E-state index in [4.69, 9.17) is 30.4 Å². The van der Waals surface area contributed by atoms with Gasteiger partial charge in [0.2, 0.25) is 11.8 Å². The van der Waals surface area contributed by atoms with Crippen molar-refractivity contribution in [3.8, 4) is 22.3 Å². The van der Waals surface area contributed by atoms with Gasteiger partial charge in [-0.1, -0.05) is 124 Å². The first kappa shape index (κ1) is 88.4. The fourth-order valence-corrected chi connectivity index (χ4v) is 19.4. The molecule has 6 amide bonds. The van der Waals surface area contributed by atoms with E-state index in [-0.39, 0.29) is 82.2 Å². The van der Waals surface area contributed by atoms with Crippen LogP contribution in [-0.4, -0.2) is 195 Å². The van der Waals surface area contributed by atoms with Crippen molar-refractivity contribution in [3.05, 3.63) is 162 Å². The minimum absolute atomic E-state index is 0. The molecular weight excluding hydrogens is 1710 g/mol. The van der Waals surface area contributed by atoms with Crippen molar-refractivity contribution in [3.63, 3.8) is 0 Å². The number of amides is 6. The summed E-state index contributed by atoms with van der Waals surface area (Å²) in [5.74, 6) is 0.0648. The number of thiazole rings is 4. The van der Waals surface area contributed by atoms with Gasteiger partial charge in [-0.2, -0.15) is 0 Å². The highest BCUT2D eigenvalue weighted by molar-refractivity contribution is 9.10. The number of halogens is 2. The van der Waals surface area contributed by atoms with E-state index >= 15 is 0 Å². The van der Waals surface area contributed by atoms with Crippen LogP contribution in [0.2, 0.25) is 0 Å². The van der Waals surface area contributed by atoms with Crippen molar-refractivity contribution in [2.24, 2.45) is 11.8 Å². The van der Waals surface area contributed by atoms with E-state index in [2.05, 4.69) is 128 Å². The van der Waals surface area contributed by atoms with Gasteiger partial charge in [-0.05, 0) is 98.9 Å². The first-order chi connectivity index (χ1) is 56.2. The average Bonchev–Trinajstić information content (AvgIpc) is 1.62. The highest BCUT2D eigenvalue weighted by atomic mass is 79.9. The molecule has 18 rings (SSSR count). The van der Waals surface area contributed by atoms with Crippen LogP contribution in [0.5, 0.6) is 0 Å². The van der Waals surface area contributed by atoms with E-state index < -0.39 is 17.3 Å². The molecule has 118 heavy (non-hydrogen) atoms. The first-order valence-electron chi connectivity index (χ1n) is 40.0. The third kappa shape index (κ3) is 23.2. The third-order valence-electron chi connectivity index (χ3n) is 21.2. The number of anilines is 4. The summed E-state index contributed by atoms with van der Waals surface area (Å²) in [6.07, 6.45) is 5.27. The standard InChI is InChI=1S/C31H34N4O5S.C21H19N3O2S.C16H24N4O3S.C6H9N3S.C5H8BrNO.C5H9NO.BrH/c1-31(2,3)40-30(38)34-14-12-19(16-34)27(36)33-28-32-25-13-15-35(17-26(25)41-28)29(37)39-18-24-22-10-6-4-8-20(22)21-9-5-7-11-23(21)24;22-20-23-18-9-10-24(11-19(18)27-20)21(25)26-12-17-15-7-3-1-5-13(15)14-6-2-4-8-16(14)17;1-16(2,3)23-15(22)20-7-5-10(9-20)13(21)19-14-18-11-4-6-17-8-12(11)24-14;7-6-9-4-1-2-8-3-5(4)10-6;6-4-3-7-2-1-5(4)8;7-5-1-3-6-4-2-5;/h4-11,19,24H,12-18H2,1-3H3,(H,32,33,36);1-8,17H,9-12H2,(H2,22,23);10,17H,4-9H2,1-3H3,(H,18,19,21);8H,1-3H2,(H2,7,9);4,7H,1-3H2;6H,1-4H2;1H/t19-;;10-;;;;/m0.0..../s1. The monoisotopic (exact) mass is 1810 g/mol. The first-order valence-corrected chi connectivity index (χ1v) is 44.2. The number of carbonyl (C=O) groups is 8. The summed E-state index contributed by atoms with van der Waals surface area (Å²) in [5.41, 5.74) is 24.1. The number of hydrogen-bond donors (Lipinski definition) is 8. The quantitative estimate of drug-likeness (QED) is 0.0517. The number of ether oxygens (including phenoxy) is 4. The smallest absolute Gasteiger partial charge is 0.410 e. The van der Waals surface area contributed by atoms with Crippen LogP contribution in [-0.2, 0) is 90.0 Å². The third-order valence-corrected chi connectivity index (χ3v) is 25.8. The number of nitrogens with two attached hydrogens (primary N) is 2. The van der Waals surface area contributed by atoms with Gasteiger partial charge in [0.1, 0.15) is 36.0 Å². The van der Waals surface area contributed by atoms with Gasteiger partial charge >= 0.3 is 24.4 Å². The minimum atomic E-state index is -0.578. The lowest BCUT2D eigenvalue weighted by Gasteiger charge is -2.26. The Labute approximate surface area is 722 Å². The molecule has 0 spiro atoms. The Hall–Kier alpha value is -8.84.